The van der Waals surface area contributed by atoms with Crippen LogP contribution in [-0.4, -0.2) is 63.2 Å². The molecule has 1 aliphatic rings. The molecule has 0 aliphatic heterocycles. The number of benzene rings is 1. The molecule has 1 aromatic rings. The lowest BCUT2D eigenvalue weighted by Gasteiger charge is -2.40. The van der Waals surface area contributed by atoms with Crippen LogP contribution in [0.1, 0.15) is 38.8 Å². The van der Waals surface area contributed by atoms with Gasteiger partial charge in [-0.1, -0.05) is 25.7 Å². The number of amides is 1. The molecular weight excluding hydrogens is 426 g/mol. The van der Waals surface area contributed by atoms with Gasteiger partial charge in [0.1, 0.15) is 11.4 Å². The summed E-state index contributed by atoms with van der Waals surface area (Å²) in [6, 6.07) is 5.30. The number of carbonyl (C=O) groups is 3. The number of fused-ring (bicyclic) bond motifs is 1. The molecule has 0 spiro atoms. The van der Waals surface area contributed by atoms with Gasteiger partial charge in [0.2, 0.25) is 0 Å². The molecule has 1 amide bonds. The van der Waals surface area contributed by atoms with Crippen molar-refractivity contribution in [2.24, 2.45) is 0 Å². The molecule has 1 aromatic carbocycles. The Kier molecular flexibility index (Phi) is 7.49. The Morgan fingerprint density at radius 2 is 1.84 bits per heavy atom. The second-order valence-electron chi connectivity index (χ2n) is 10.8. The van der Waals surface area contributed by atoms with Gasteiger partial charge in [-0.25, -0.2) is 4.79 Å². The van der Waals surface area contributed by atoms with Crippen molar-refractivity contribution in [1.29, 1.82) is 0 Å². The van der Waals surface area contributed by atoms with E-state index in [1.54, 1.807) is 39.8 Å². The SMILES string of the molecule is COc1ccc2c(c1)[C@](C)(C(=O)OCC[Si](C)(C)C)C(=O)[C@H](N(C)C(=O)OC(C)(C)C)C2. The van der Waals surface area contributed by atoms with E-state index in [0.29, 0.717) is 11.3 Å². The van der Waals surface area contributed by atoms with Crippen molar-refractivity contribution < 1.29 is 28.6 Å². The predicted molar refractivity (Wildman–Crippen MR) is 126 cm³/mol. The van der Waals surface area contributed by atoms with E-state index in [1.165, 1.54) is 19.1 Å². The smallest absolute Gasteiger partial charge is 0.410 e. The number of ether oxygens (including phenoxy) is 3. The van der Waals surface area contributed by atoms with Crippen molar-refractivity contribution in [3.8, 4) is 5.75 Å². The average molecular weight is 464 g/mol. The van der Waals surface area contributed by atoms with Crippen LogP contribution in [0, 0.1) is 0 Å². The van der Waals surface area contributed by atoms with Gasteiger partial charge in [-0.05, 0) is 57.0 Å². The minimum absolute atomic E-state index is 0.267. The molecule has 0 saturated carbocycles. The maximum atomic E-state index is 13.7. The van der Waals surface area contributed by atoms with E-state index in [1.807, 2.05) is 6.07 Å². The van der Waals surface area contributed by atoms with Crippen LogP contribution in [0.5, 0.6) is 5.75 Å². The summed E-state index contributed by atoms with van der Waals surface area (Å²) in [6.07, 6.45) is -0.326. The van der Waals surface area contributed by atoms with Gasteiger partial charge < -0.3 is 19.1 Å². The topological polar surface area (TPSA) is 82.1 Å². The molecule has 8 heteroatoms. The zero-order chi connectivity index (χ0) is 24.5. The number of hydrogen-bond acceptors (Lipinski definition) is 6. The molecule has 2 atom stereocenters. The molecule has 178 valence electrons. The summed E-state index contributed by atoms with van der Waals surface area (Å²) in [7, 11) is 1.64. The molecule has 0 N–H and O–H groups in total. The first-order valence-electron chi connectivity index (χ1n) is 10.9. The number of rotatable bonds is 6. The van der Waals surface area contributed by atoms with E-state index in [9.17, 15) is 14.4 Å². The molecule has 1 aliphatic carbocycles. The molecule has 0 aromatic heterocycles. The molecule has 0 heterocycles. The van der Waals surface area contributed by atoms with Gasteiger partial charge in [0.25, 0.3) is 0 Å². The number of likely N-dealkylation sites (N-methyl/N-ethyl adjacent to an activating group) is 1. The molecular formula is C24H37NO6Si. The fraction of sp³-hybridized carbons (Fsp3) is 0.625. The maximum absolute atomic E-state index is 13.7. The van der Waals surface area contributed by atoms with Gasteiger partial charge >= 0.3 is 12.1 Å². The summed E-state index contributed by atoms with van der Waals surface area (Å²) in [5, 5.41) is 0. The van der Waals surface area contributed by atoms with Crippen LogP contribution in [0.3, 0.4) is 0 Å². The van der Waals surface area contributed by atoms with Crippen LogP contribution in [0.15, 0.2) is 18.2 Å². The zero-order valence-electron chi connectivity index (χ0n) is 20.8. The Balaban J connectivity index is 2.44. The second-order valence-corrected chi connectivity index (χ2v) is 16.4. The van der Waals surface area contributed by atoms with Gasteiger partial charge in [0.15, 0.2) is 11.2 Å². The molecule has 0 bridgehead atoms. The largest absolute Gasteiger partial charge is 0.497 e. The highest BCUT2D eigenvalue weighted by Crippen LogP contribution is 2.39. The van der Waals surface area contributed by atoms with E-state index in [4.69, 9.17) is 14.2 Å². The zero-order valence-corrected chi connectivity index (χ0v) is 21.8. The number of Topliss-reactive ketones (excluding diaryl/α,β-unsaturated/α-hetero) is 1. The van der Waals surface area contributed by atoms with E-state index in [-0.39, 0.29) is 18.8 Å². The Morgan fingerprint density at radius 1 is 1.22 bits per heavy atom. The predicted octanol–water partition coefficient (Wildman–Crippen LogP) is 4.20. The fourth-order valence-corrected chi connectivity index (χ4v) is 4.39. The summed E-state index contributed by atoms with van der Waals surface area (Å²) in [5.74, 6) is -0.432. The highest BCUT2D eigenvalue weighted by atomic mass is 28.3. The standard InChI is InChI=1S/C24H37NO6Si/c1-23(2,3)31-22(28)25(5)19-14-16-10-11-17(29-6)15-18(16)24(4,20(19)26)21(27)30-12-13-32(7,8)9/h10-11,15,19H,12-14H2,1-9H3/t19-,24+/m1/s1. The molecule has 32 heavy (non-hydrogen) atoms. The third kappa shape index (κ3) is 5.71. The van der Waals surface area contributed by atoms with Gasteiger partial charge in [-0.3, -0.25) is 9.59 Å². The van der Waals surface area contributed by atoms with Crippen LogP contribution in [0.2, 0.25) is 25.7 Å². The number of nitrogens with zero attached hydrogens (tertiary/aromatic N) is 1. The molecule has 0 fully saturated rings. The highest BCUT2D eigenvalue weighted by molar-refractivity contribution is 6.76. The van der Waals surface area contributed by atoms with Crippen molar-refractivity contribution in [3.63, 3.8) is 0 Å². The molecule has 0 radical (unpaired) electrons. The number of hydrogen-bond donors (Lipinski definition) is 0. The Labute approximate surface area is 192 Å². The van der Waals surface area contributed by atoms with Crippen LogP contribution >= 0.6 is 0 Å². The van der Waals surface area contributed by atoms with E-state index in [0.717, 1.165) is 11.6 Å². The van der Waals surface area contributed by atoms with E-state index < -0.39 is 37.2 Å². The first-order chi connectivity index (χ1) is 14.6. The van der Waals surface area contributed by atoms with Crippen molar-refractivity contribution in [1.82, 2.24) is 4.90 Å². The summed E-state index contributed by atoms with van der Waals surface area (Å²) in [4.78, 5) is 41.1. The lowest BCUT2D eigenvalue weighted by atomic mass is 9.68. The van der Waals surface area contributed by atoms with Gasteiger partial charge in [0.05, 0.1) is 19.8 Å². The van der Waals surface area contributed by atoms with Crippen molar-refractivity contribution >= 4 is 25.9 Å². The molecule has 2 rings (SSSR count). The average Bonchev–Trinajstić information content (AvgIpc) is 2.67. The second kappa shape index (κ2) is 9.25. The third-order valence-electron chi connectivity index (χ3n) is 5.71. The van der Waals surface area contributed by atoms with Crippen LogP contribution in [0.4, 0.5) is 4.79 Å². The van der Waals surface area contributed by atoms with Crippen LogP contribution in [-0.2, 0) is 30.9 Å². The normalized spacial score (nSPS) is 20.9. The highest BCUT2D eigenvalue weighted by Gasteiger charge is 2.53. The lowest BCUT2D eigenvalue weighted by molar-refractivity contribution is -0.155. The number of methoxy groups -OCH3 is 1. The third-order valence-corrected chi connectivity index (χ3v) is 7.41. The number of esters is 1. The first kappa shape index (κ1) is 25.9. The Morgan fingerprint density at radius 3 is 2.38 bits per heavy atom. The first-order valence-corrected chi connectivity index (χ1v) is 14.7. The van der Waals surface area contributed by atoms with Crippen LogP contribution in [0.25, 0.3) is 0 Å². The van der Waals surface area contributed by atoms with E-state index in [2.05, 4.69) is 19.6 Å². The number of ketones is 1. The van der Waals surface area contributed by atoms with Crippen molar-refractivity contribution in [2.75, 3.05) is 20.8 Å². The lowest BCUT2D eigenvalue weighted by Crippen LogP contribution is -2.58. The number of carbonyl (C=O) groups excluding carboxylic acids is 3. The molecule has 7 nitrogen and oxygen atoms in total. The minimum atomic E-state index is -1.55. The summed E-state index contributed by atoms with van der Waals surface area (Å²) < 4.78 is 16.4. The van der Waals surface area contributed by atoms with Gasteiger partial charge in [-0.15, -0.1) is 0 Å². The maximum Gasteiger partial charge on any atom is 0.410 e. The van der Waals surface area contributed by atoms with Crippen molar-refractivity contribution in [2.45, 2.75) is 76.9 Å². The molecule has 0 unspecified atom stereocenters. The van der Waals surface area contributed by atoms with Crippen molar-refractivity contribution in [3.05, 3.63) is 29.3 Å². The summed E-state index contributed by atoms with van der Waals surface area (Å²) in [6.45, 7) is 13.7. The minimum Gasteiger partial charge on any atom is -0.497 e. The molecule has 0 saturated heterocycles. The van der Waals surface area contributed by atoms with Gasteiger partial charge in [0, 0.05) is 21.5 Å². The summed E-state index contributed by atoms with van der Waals surface area (Å²) in [5.41, 5.74) is -0.889. The van der Waals surface area contributed by atoms with Gasteiger partial charge in [-0.2, -0.15) is 0 Å². The quantitative estimate of drug-likeness (QED) is 0.357. The van der Waals surface area contributed by atoms with E-state index >= 15 is 0 Å². The van der Waals surface area contributed by atoms with Crippen LogP contribution < -0.4 is 4.74 Å². The Hall–Kier alpha value is -2.35. The Bertz CT molecular complexity index is 885. The fourth-order valence-electron chi connectivity index (χ4n) is 3.67. The monoisotopic (exact) mass is 463 g/mol. The summed E-state index contributed by atoms with van der Waals surface area (Å²) >= 11 is 0.